The van der Waals surface area contributed by atoms with Crippen LogP contribution in [0.15, 0.2) is 28.7 Å². The Balaban J connectivity index is 2.65. The third-order valence-corrected chi connectivity index (χ3v) is 2.84. The lowest BCUT2D eigenvalue weighted by atomic mass is 10.1. The summed E-state index contributed by atoms with van der Waals surface area (Å²) < 4.78 is 1.01. The Morgan fingerprint density at radius 3 is 2.80 bits per heavy atom. The molecule has 0 spiro atoms. The van der Waals surface area contributed by atoms with Gasteiger partial charge in [0.25, 0.3) is 0 Å². The first kappa shape index (κ1) is 12.2. The Morgan fingerprint density at radius 1 is 1.53 bits per heavy atom. The third-order valence-electron chi connectivity index (χ3n) is 2.12. The molecule has 0 aliphatic carbocycles. The van der Waals surface area contributed by atoms with Gasteiger partial charge in [0.2, 0.25) is 5.91 Å². The molecule has 0 heterocycles. The second kappa shape index (κ2) is 5.88. The minimum absolute atomic E-state index is 0.000347. The minimum Gasteiger partial charge on any atom is -0.350 e. The molecule has 1 amide bonds. The van der Waals surface area contributed by atoms with Crippen LogP contribution in [0.3, 0.4) is 0 Å². The molecule has 0 aliphatic heterocycles. The van der Waals surface area contributed by atoms with Crippen LogP contribution in [0.4, 0.5) is 0 Å². The average molecular weight is 271 g/mol. The Bertz CT molecular complexity index is 341. The number of amides is 1. The fourth-order valence-electron chi connectivity index (χ4n) is 1.35. The van der Waals surface area contributed by atoms with Crippen LogP contribution in [0.25, 0.3) is 0 Å². The monoisotopic (exact) mass is 270 g/mol. The molecule has 1 aromatic carbocycles. The Kier molecular flexibility index (Phi) is 4.78. The summed E-state index contributed by atoms with van der Waals surface area (Å²) >= 11 is 3.45. The number of nitrogens with one attached hydrogen (secondary N) is 1. The zero-order valence-corrected chi connectivity index (χ0v) is 10.3. The van der Waals surface area contributed by atoms with Crippen LogP contribution in [0.5, 0.6) is 0 Å². The van der Waals surface area contributed by atoms with Crippen LogP contribution >= 0.6 is 15.9 Å². The number of rotatable bonds is 4. The summed E-state index contributed by atoms with van der Waals surface area (Å²) in [5, 5.41) is 2.89. The Hall–Kier alpha value is -0.870. The third kappa shape index (κ3) is 3.64. The van der Waals surface area contributed by atoms with Gasteiger partial charge in [-0.05, 0) is 18.6 Å². The molecule has 82 valence electrons. The van der Waals surface area contributed by atoms with Gasteiger partial charge >= 0.3 is 0 Å². The van der Waals surface area contributed by atoms with Crippen LogP contribution in [0, 0.1) is 0 Å². The number of benzene rings is 1. The van der Waals surface area contributed by atoms with Gasteiger partial charge in [0.1, 0.15) is 0 Å². The van der Waals surface area contributed by atoms with E-state index in [0.29, 0.717) is 13.0 Å². The molecule has 0 fully saturated rings. The van der Waals surface area contributed by atoms with E-state index in [2.05, 4.69) is 21.2 Å². The first-order valence-corrected chi connectivity index (χ1v) is 5.68. The molecule has 1 rings (SSSR count). The molecule has 0 radical (unpaired) electrons. The van der Waals surface area contributed by atoms with Crippen molar-refractivity contribution in [3.8, 4) is 0 Å². The number of hydrogen-bond acceptors (Lipinski definition) is 2. The van der Waals surface area contributed by atoms with Gasteiger partial charge in [-0.25, -0.2) is 0 Å². The smallest absolute Gasteiger partial charge is 0.221 e. The highest BCUT2D eigenvalue weighted by Crippen LogP contribution is 2.22. The van der Waals surface area contributed by atoms with E-state index in [-0.39, 0.29) is 11.9 Å². The van der Waals surface area contributed by atoms with Crippen LogP contribution in [-0.2, 0) is 4.79 Å². The number of nitrogens with two attached hydrogens (primary N) is 1. The van der Waals surface area contributed by atoms with Gasteiger partial charge in [-0.2, -0.15) is 0 Å². The standard InChI is InChI=1S/C11H15BrN2O/c1-8(14-11(15)6-7-13)9-4-2-3-5-10(9)12/h2-5,8H,6-7,13H2,1H3,(H,14,15)/t8-/m0/s1. The second-order valence-corrected chi connectivity index (χ2v) is 4.20. The van der Waals surface area contributed by atoms with Gasteiger partial charge in [0, 0.05) is 17.4 Å². The Labute approximate surface area is 98.2 Å². The topological polar surface area (TPSA) is 55.1 Å². The Morgan fingerprint density at radius 2 is 2.20 bits per heavy atom. The van der Waals surface area contributed by atoms with E-state index < -0.39 is 0 Å². The maximum atomic E-state index is 11.3. The van der Waals surface area contributed by atoms with Crippen LogP contribution in [0.1, 0.15) is 24.9 Å². The predicted octanol–water partition coefficient (Wildman–Crippen LogP) is 1.98. The summed E-state index contributed by atoms with van der Waals surface area (Å²) in [6.07, 6.45) is 0.370. The largest absolute Gasteiger partial charge is 0.350 e. The fraction of sp³-hybridized carbons (Fsp3) is 0.364. The molecule has 1 aromatic rings. The summed E-state index contributed by atoms with van der Waals surface area (Å²) in [5.41, 5.74) is 6.38. The summed E-state index contributed by atoms with van der Waals surface area (Å²) in [4.78, 5) is 11.3. The molecule has 15 heavy (non-hydrogen) atoms. The second-order valence-electron chi connectivity index (χ2n) is 3.35. The van der Waals surface area contributed by atoms with Crippen molar-refractivity contribution in [2.24, 2.45) is 5.73 Å². The van der Waals surface area contributed by atoms with Gasteiger partial charge in [-0.1, -0.05) is 34.1 Å². The molecule has 0 aromatic heterocycles. The SMILES string of the molecule is C[C@H](NC(=O)CCN)c1ccccc1Br. The predicted molar refractivity (Wildman–Crippen MR) is 64.4 cm³/mol. The van der Waals surface area contributed by atoms with E-state index in [0.717, 1.165) is 10.0 Å². The molecular formula is C11H15BrN2O. The van der Waals surface area contributed by atoms with E-state index in [9.17, 15) is 4.79 Å². The normalized spacial score (nSPS) is 12.2. The highest BCUT2D eigenvalue weighted by atomic mass is 79.9. The molecule has 0 aliphatic rings. The first-order chi connectivity index (χ1) is 7.15. The van der Waals surface area contributed by atoms with Crippen molar-refractivity contribution < 1.29 is 4.79 Å². The van der Waals surface area contributed by atoms with Crippen molar-refractivity contribution in [2.45, 2.75) is 19.4 Å². The maximum Gasteiger partial charge on any atom is 0.221 e. The molecule has 0 bridgehead atoms. The highest BCUT2D eigenvalue weighted by molar-refractivity contribution is 9.10. The summed E-state index contributed by atoms with van der Waals surface area (Å²) in [6, 6.07) is 7.84. The van der Waals surface area contributed by atoms with Gasteiger partial charge in [-0.15, -0.1) is 0 Å². The van der Waals surface area contributed by atoms with Crippen molar-refractivity contribution >= 4 is 21.8 Å². The minimum atomic E-state index is -0.0132. The summed E-state index contributed by atoms with van der Waals surface area (Å²) in [5.74, 6) is -0.0132. The molecule has 1 atom stereocenters. The lowest BCUT2D eigenvalue weighted by Crippen LogP contribution is -2.28. The van der Waals surface area contributed by atoms with E-state index in [1.54, 1.807) is 0 Å². The maximum absolute atomic E-state index is 11.3. The van der Waals surface area contributed by atoms with Gasteiger partial charge in [0.05, 0.1) is 6.04 Å². The van der Waals surface area contributed by atoms with Gasteiger partial charge < -0.3 is 11.1 Å². The van der Waals surface area contributed by atoms with E-state index in [4.69, 9.17) is 5.73 Å². The number of halogens is 1. The quantitative estimate of drug-likeness (QED) is 0.879. The van der Waals surface area contributed by atoms with E-state index >= 15 is 0 Å². The molecule has 3 N–H and O–H groups in total. The summed E-state index contributed by atoms with van der Waals surface area (Å²) in [6.45, 7) is 2.34. The van der Waals surface area contributed by atoms with Crippen molar-refractivity contribution in [1.82, 2.24) is 5.32 Å². The van der Waals surface area contributed by atoms with Crippen molar-refractivity contribution in [3.63, 3.8) is 0 Å². The molecule has 3 nitrogen and oxygen atoms in total. The number of hydrogen-bond donors (Lipinski definition) is 2. The van der Waals surface area contributed by atoms with E-state index in [1.807, 2.05) is 31.2 Å². The zero-order valence-electron chi connectivity index (χ0n) is 8.66. The molecule has 0 unspecified atom stereocenters. The molecule has 0 saturated carbocycles. The van der Waals surface area contributed by atoms with E-state index in [1.165, 1.54) is 0 Å². The van der Waals surface area contributed by atoms with Crippen LogP contribution in [-0.4, -0.2) is 12.5 Å². The van der Waals surface area contributed by atoms with Crippen molar-refractivity contribution in [1.29, 1.82) is 0 Å². The number of carbonyl (C=O) groups is 1. The lowest BCUT2D eigenvalue weighted by Gasteiger charge is -2.15. The van der Waals surface area contributed by atoms with Crippen molar-refractivity contribution in [3.05, 3.63) is 34.3 Å². The highest BCUT2D eigenvalue weighted by Gasteiger charge is 2.10. The van der Waals surface area contributed by atoms with Crippen LogP contribution in [0.2, 0.25) is 0 Å². The van der Waals surface area contributed by atoms with Gasteiger partial charge in [-0.3, -0.25) is 4.79 Å². The lowest BCUT2D eigenvalue weighted by molar-refractivity contribution is -0.121. The average Bonchev–Trinajstić information content (AvgIpc) is 2.18. The first-order valence-electron chi connectivity index (χ1n) is 4.89. The fourth-order valence-corrected chi connectivity index (χ4v) is 1.98. The molecule has 4 heteroatoms. The number of carbonyl (C=O) groups excluding carboxylic acids is 1. The van der Waals surface area contributed by atoms with Crippen molar-refractivity contribution in [2.75, 3.05) is 6.54 Å². The molecule has 0 saturated heterocycles. The summed E-state index contributed by atoms with van der Waals surface area (Å²) in [7, 11) is 0. The van der Waals surface area contributed by atoms with Gasteiger partial charge in [0.15, 0.2) is 0 Å². The van der Waals surface area contributed by atoms with Crippen LogP contribution < -0.4 is 11.1 Å². The molecular weight excluding hydrogens is 256 g/mol. The zero-order chi connectivity index (χ0) is 11.3.